The van der Waals surface area contributed by atoms with Crippen molar-refractivity contribution in [3.8, 4) is 11.5 Å². The topological polar surface area (TPSA) is 64.9 Å². The van der Waals surface area contributed by atoms with Crippen molar-refractivity contribution in [3.63, 3.8) is 0 Å². The molecule has 0 fully saturated rings. The normalized spacial score (nSPS) is 10.7. The molecule has 2 N–H and O–H groups in total. The number of nitrogens with zero attached hydrogens (tertiary/aromatic N) is 2. The summed E-state index contributed by atoms with van der Waals surface area (Å²) >= 11 is 0. The molecule has 0 saturated carbocycles. The van der Waals surface area contributed by atoms with Gasteiger partial charge in [-0.05, 0) is 25.6 Å². The molecule has 5 heteroatoms. The second-order valence-corrected chi connectivity index (χ2v) is 3.54. The van der Waals surface area contributed by atoms with E-state index in [0.29, 0.717) is 24.4 Å². The van der Waals surface area contributed by atoms with E-state index in [0.717, 1.165) is 5.56 Å². The van der Waals surface area contributed by atoms with E-state index in [1.807, 2.05) is 6.92 Å². The number of hydrogen-bond acceptors (Lipinski definition) is 4. The third-order valence-electron chi connectivity index (χ3n) is 2.19. The molecule has 0 aliphatic carbocycles. The zero-order valence-electron chi connectivity index (χ0n) is 8.90. The fraction of sp³-hybridized carbons (Fsp3) is 0.273. The fourth-order valence-corrected chi connectivity index (χ4v) is 1.40. The summed E-state index contributed by atoms with van der Waals surface area (Å²) < 4.78 is 18.5. The van der Waals surface area contributed by atoms with Crippen LogP contribution >= 0.6 is 0 Å². The van der Waals surface area contributed by atoms with Crippen molar-refractivity contribution in [3.05, 3.63) is 35.4 Å². The fourth-order valence-electron chi connectivity index (χ4n) is 1.40. The summed E-state index contributed by atoms with van der Waals surface area (Å²) in [7, 11) is 0. The molecule has 16 heavy (non-hydrogen) atoms. The maximum atomic E-state index is 13.5. The smallest absolute Gasteiger partial charge is 0.260 e. The standard InChI is InChI=1S/C11H12FN3O/c1-7-2-3-9(12)8(6-7)11-14-10(4-5-13)15-16-11/h2-3,6H,4-5,13H2,1H3. The molecule has 1 aromatic carbocycles. The van der Waals surface area contributed by atoms with Crippen molar-refractivity contribution in [1.29, 1.82) is 0 Å². The van der Waals surface area contributed by atoms with Gasteiger partial charge in [0.2, 0.25) is 0 Å². The molecule has 2 rings (SSSR count). The monoisotopic (exact) mass is 221 g/mol. The number of rotatable bonds is 3. The molecule has 0 amide bonds. The van der Waals surface area contributed by atoms with E-state index in [1.54, 1.807) is 12.1 Å². The first-order valence-corrected chi connectivity index (χ1v) is 5.00. The van der Waals surface area contributed by atoms with Crippen molar-refractivity contribution in [2.24, 2.45) is 5.73 Å². The lowest BCUT2D eigenvalue weighted by molar-refractivity contribution is 0.420. The van der Waals surface area contributed by atoms with E-state index in [4.69, 9.17) is 10.3 Å². The Balaban J connectivity index is 2.38. The third-order valence-corrected chi connectivity index (χ3v) is 2.19. The molecule has 4 nitrogen and oxygen atoms in total. The predicted octanol–water partition coefficient (Wildman–Crippen LogP) is 1.69. The van der Waals surface area contributed by atoms with Crippen LogP contribution in [0, 0.1) is 12.7 Å². The van der Waals surface area contributed by atoms with Crippen LogP contribution in [0.4, 0.5) is 4.39 Å². The van der Waals surface area contributed by atoms with Gasteiger partial charge < -0.3 is 10.3 Å². The van der Waals surface area contributed by atoms with E-state index in [-0.39, 0.29) is 11.7 Å². The lowest BCUT2D eigenvalue weighted by atomic mass is 10.1. The van der Waals surface area contributed by atoms with Crippen LogP contribution in [0.1, 0.15) is 11.4 Å². The Hall–Kier alpha value is -1.75. The highest BCUT2D eigenvalue weighted by Gasteiger charge is 2.12. The summed E-state index contributed by atoms with van der Waals surface area (Å²) in [5, 5.41) is 3.72. The van der Waals surface area contributed by atoms with Gasteiger partial charge in [-0.3, -0.25) is 0 Å². The first-order valence-electron chi connectivity index (χ1n) is 5.00. The third kappa shape index (κ3) is 2.09. The van der Waals surface area contributed by atoms with Gasteiger partial charge in [-0.25, -0.2) is 4.39 Å². The van der Waals surface area contributed by atoms with E-state index in [2.05, 4.69) is 10.1 Å². The van der Waals surface area contributed by atoms with Gasteiger partial charge in [0.15, 0.2) is 5.82 Å². The molecule has 1 aromatic heterocycles. The minimum Gasteiger partial charge on any atom is -0.334 e. The van der Waals surface area contributed by atoms with Crippen LogP contribution < -0.4 is 5.73 Å². The van der Waals surface area contributed by atoms with Gasteiger partial charge in [-0.2, -0.15) is 4.98 Å². The molecule has 0 aliphatic heterocycles. The van der Waals surface area contributed by atoms with Gasteiger partial charge in [0.25, 0.3) is 5.89 Å². The quantitative estimate of drug-likeness (QED) is 0.856. The largest absolute Gasteiger partial charge is 0.334 e. The number of nitrogens with two attached hydrogens (primary N) is 1. The summed E-state index contributed by atoms with van der Waals surface area (Å²) in [5.41, 5.74) is 6.64. The lowest BCUT2D eigenvalue weighted by Crippen LogP contribution is -2.03. The number of benzene rings is 1. The highest BCUT2D eigenvalue weighted by atomic mass is 19.1. The van der Waals surface area contributed by atoms with Gasteiger partial charge in [-0.15, -0.1) is 0 Å². The Morgan fingerprint density at radius 3 is 3.00 bits per heavy atom. The molecule has 1 heterocycles. The van der Waals surface area contributed by atoms with Crippen molar-refractivity contribution >= 4 is 0 Å². The summed E-state index contributed by atoms with van der Waals surface area (Å²) in [6, 6.07) is 4.75. The van der Waals surface area contributed by atoms with Crippen molar-refractivity contribution in [2.75, 3.05) is 6.54 Å². The Kier molecular flexibility index (Phi) is 2.96. The summed E-state index contributed by atoms with van der Waals surface area (Å²) in [6.45, 7) is 2.31. The minimum absolute atomic E-state index is 0.199. The Bertz CT molecular complexity index is 496. The van der Waals surface area contributed by atoms with Gasteiger partial charge in [-0.1, -0.05) is 16.8 Å². The summed E-state index contributed by atoms with van der Waals surface area (Å²) in [5.74, 6) is 0.330. The van der Waals surface area contributed by atoms with E-state index < -0.39 is 0 Å². The molecule has 0 radical (unpaired) electrons. The average molecular weight is 221 g/mol. The van der Waals surface area contributed by atoms with Crippen LogP contribution in [0.2, 0.25) is 0 Å². The van der Waals surface area contributed by atoms with Gasteiger partial charge >= 0.3 is 0 Å². The average Bonchev–Trinajstić information content (AvgIpc) is 2.71. The molecule has 84 valence electrons. The van der Waals surface area contributed by atoms with Gasteiger partial charge in [0, 0.05) is 6.42 Å². The minimum atomic E-state index is -0.367. The number of aryl methyl sites for hydroxylation is 1. The lowest BCUT2D eigenvalue weighted by Gasteiger charge is -1.98. The Labute approximate surface area is 92.3 Å². The maximum absolute atomic E-state index is 13.5. The molecule has 0 aliphatic rings. The molecule has 2 aromatic rings. The van der Waals surface area contributed by atoms with Crippen LogP contribution in [-0.4, -0.2) is 16.7 Å². The second-order valence-electron chi connectivity index (χ2n) is 3.54. The zero-order chi connectivity index (χ0) is 11.5. The van der Waals surface area contributed by atoms with E-state index in [9.17, 15) is 4.39 Å². The molecule has 0 bridgehead atoms. The molecule has 0 saturated heterocycles. The van der Waals surface area contributed by atoms with Crippen molar-refractivity contribution in [2.45, 2.75) is 13.3 Å². The molecular formula is C11H12FN3O. The Morgan fingerprint density at radius 1 is 1.44 bits per heavy atom. The maximum Gasteiger partial charge on any atom is 0.260 e. The SMILES string of the molecule is Cc1ccc(F)c(-c2nc(CCN)no2)c1. The summed E-state index contributed by atoms with van der Waals surface area (Å²) in [6.07, 6.45) is 0.525. The first-order chi connectivity index (χ1) is 7.70. The first kappa shape index (κ1) is 10.8. The highest BCUT2D eigenvalue weighted by molar-refractivity contribution is 5.55. The van der Waals surface area contributed by atoms with Crippen LogP contribution in [0.3, 0.4) is 0 Å². The van der Waals surface area contributed by atoms with Crippen LogP contribution in [0.25, 0.3) is 11.5 Å². The molecule has 0 unspecified atom stereocenters. The van der Waals surface area contributed by atoms with Gasteiger partial charge in [0.1, 0.15) is 5.82 Å². The number of halogens is 1. The molecule has 0 spiro atoms. The van der Waals surface area contributed by atoms with E-state index in [1.165, 1.54) is 6.07 Å². The number of hydrogen-bond donors (Lipinski definition) is 1. The highest BCUT2D eigenvalue weighted by Crippen LogP contribution is 2.22. The molecule has 0 atom stereocenters. The van der Waals surface area contributed by atoms with Crippen LogP contribution in [0.15, 0.2) is 22.7 Å². The van der Waals surface area contributed by atoms with E-state index >= 15 is 0 Å². The predicted molar refractivity (Wildman–Crippen MR) is 57.2 cm³/mol. The van der Waals surface area contributed by atoms with Gasteiger partial charge in [0.05, 0.1) is 5.56 Å². The second kappa shape index (κ2) is 4.40. The zero-order valence-corrected chi connectivity index (χ0v) is 8.90. The van der Waals surface area contributed by atoms with Crippen molar-refractivity contribution in [1.82, 2.24) is 10.1 Å². The Morgan fingerprint density at radius 2 is 2.25 bits per heavy atom. The number of aromatic nitrogens is 2. The van der Waals surface area contributed by atoms with Crippen molar-refractivity contribution < 1.29 is 8.91 Å². The summed E-state index contributed by atoms with van der Waals surface area (Å²) in [4.78, 5) is 4.07. The van der Waals surface area contributed by atoms with Crippen LogP contribution in [0.5, 0.6) is 0 Å². The van der Waals surface area contributed by atoms with Crippen LogP contribution in [-0.2, 0) is 6.42 Å². The molecular weight excluding hydrogens is 209 g/mol.